The molecule has 0 amide bonds. The first-order valence-corrected chi connectivity index (χ1v) is 9.27. The van der Waals surface area contributed by atoms with Crippen LogP contribution in [0.15, 0.2) is 30.3 Å². The largest absolute Gasteiger partial charge is 0.387 e. The molecule has 0 bridgehead atoms. The Morgan fingerprint density at radius 1 is 1.21 bits per heavy atom. The number of hydrogen-bond acceptors (Lipinski definition) is 8. The molecule has 0 aliphatic carbocycles. The van der Waals surface area contributed by atoms with Crippen LogP contribution in [-0.2, 0) is 33.2 Å². The van der Waals surface area contributed by atoms with Crippen LogP contribution in [0.3, 0.4) is 0 Å². The van der Waals surface area contributed by atoms with Gasteiger partial charge >= 0.3 is 0 Å². The van der Waals surface area contributed by atoms with Gasteiger partial charge in [0.1, 0.15) is 18.3 Å². The monoisotopic (exact) mass is 360 g/mol. The van der Waals surface area contributed by atoms with E-state index in [1.807, 2.05) is 30.3 Å². The second-order valence-corrected chi connectivity index (χ2v) is 7.31. The topological polar surface area (TPSA) is 101 Å². The Morgan fingerprint density at radius 3 is 2.54 bits per heavy atom. The van der Waals surface area contributed by atoms with Gasteiger partial charge in [-0.3, -0.25) is 4.18 Å². The van der Waals surface area contributed by atoms with Crippen LogP contribution in [-0.4, -0.2) is 64.2 Å². The van der Waals surface area contributed by atoms with Gasteiger partial charge in [-0.2, -0.15) is 8.42 Å². The Hall–Kier alpha value is -1.07. The molecule has 2 saturated heterocycles. The van der Waals surface area contributed by atoms with Crippen molar-refractivity contribution in [1.29, 1.82) is 0 Å². The minimum absolute atomic E-state index is 0.173. The average Bonchev–Trinajstić information content (AvgIpc) is 2.56. The first-order chi connectivity index (χ1) is 11.4. The highest BCUT2D eigenvalue weighted by molar-refractivity contribution is 7.86. The predicted molar refractivity (Wildman–Crippen MR) is 81.4 cm³/mol. The number of methoxy groups -OCH3 is 1. The quantitative estimate of drug-likeness (QED) is 0.759. The molecule has 2 aliphatic rings. The summed E-state index contributed by atoms with van der Waals surface area (Å²) < 4.78 is 50.0. The van der Waals surface area contributed by atoms with Gasteiger partial charge in [0.2, 0.25) is 0 Å². The summed E-state index contributed by atoms with van der Waals surface area (Å²) in [5, 5.41) is 10.6. The van der Waals surface area contributed by atoms with Gasteiger partial charge in [-0.25, -0.2) is 0 Å². The second kappa shape index (κ2) is 7.04. The smallest absolute Gasteiger partial charge is 0.264 e. The van der Waals surface area contributed by atoms with Gasteiger partial charge in [0, 0.05) is 12.7 Å². The van der Waals surface area contributed by atoms with Crippen LogP contribution >= 0.6 is 0 Å². The van der Waals surface area contributed by atoms with Crippen LogP contribution in [0.2, 0.25) is 0 Å². The number of aliphatic hydroxyl groups excluding tert-OH is 1. The summed E-state index contributed by atoms with van der Waals surface area (Å²) in [4.78, 5) is 0. The standard InChI is InChI=1S/C15H20O8S/c1-19-15-13(23-24(2,17)18)11(16)12-10(21-15)8-20-14(22-12)9-6-4-3-5-7-9/h3-7,10-16H,8H2,1-2H3/t10-,11-,12-,13-,14-,15+/m0/s1. The first-order valence-electron chi connectivity index (χ1n) is 7.45. The van der Waals surface area contributed by atoms with Crippen LogP contribution in [0.5, 0.6) is 0 Å². The van der Waals surface area contributed by atoms with Gasteiger partial charge in [0.15, 0.2) is 18.7 Å². The minimum Gasteiger partial charge on any atom is -0.387 e. The number of fused-ring (bicyclic) bond motifs is 1. The lowest BCUT2D eigenvalue weighted by atomic mass is 9.98. The van der Waals surface area contributed by atoms with Gasteiger partial charge in [-0.05, 0) is 0 Å². The van der Waals surface area contributed by atoms with E-state index in [-0.39, 0.29) is 6.61 Å². The van der Waals surface area contributed by atoms with Crippen LogP contribution < -0.4 is 0 Å². The molecule has 1 N–H and O–H groups in total. The molecule has 0 aromatic heterocycles. The van der Waals surface area contributed by atoms with Crippen molar-refractivity contribution in [3.8, 4) is 0 Å². The van der Waals surface area contributed by atoms with E-state index in [4.69, 9.17) is 23.1 Å². The second-order valence-electron chi connectivity index (χ2n) is 5.71. The maximum absolute atomic E-state index is 11.4. The molecule has 0 unspecified atom stereocenters. The van der Waals surface area contributed by atoms with E-state index in [2.05, 4.69) is 0 Å². The lowest BCUT2D eigenvalue weighted by Gasteiger charge is -2.46. The van der Waals surface area contributed by atoms with E-state index in [0.717, 1.165) is 11.8 Å². The van der Waals surface area contributed by atoms with Gasteiger partial charge in [-0.15, -0.1) is 0 Å². The Kier molecular flexibility index (Phi) is 5.21. The lowest BCUT2D eigenvalue weighted by molar-refractivity contribution is -0.354. The summed E-state index contributed by atoms with van der Waals surface area (Å²) in [6.45, 7) is 0.173. The highest BCUT2D eigenvalue weighted by atomic mass is 32.2. The van der Waals surface area contributed by atoms with Crippen molar-refractivity contribution in [2.24, 2.45) is 0 Å². The Bertz CT molecular complexity index is 649. The maximum Gasteiger partial charge on any atom is 0.264 e. The van der Waals surface area contributed by atoms with Crippen molar-refractivity contribution in [3.05, 3.63) is 35.9 Å². The summed E-state index contributed by atoms with van der Waals surface area (Å²) in [5.74, 6) is 0. The first kappa shape index (κ1) is 17.7. The Balaban J connectivity index is 1.79. The highest BCUT2D eigenvalue weighted by Gasteiger charge is 2.51. The molecule has 1 aromatic rings. The molecule has 3 rings (SSSR count). The van der Waals surface area contributed by atoms with Crippen molar-refractivity contribution in [2.45, 2.75) is 37.0 Å². The molecule has 134 valence electrons. The van der Waals surface area contributed by atoms with E-state index >= 15 is 0 Å². The maximum atomic E-state index is 11.4. The van der Waals surface area contributed by atoms with E-state index < -0.39 is 47.1 Å². The summed E-state index contributed by atoms with van der Waals surface area (Å²) in [6, 6.07) is 9.23. The van der Waals surface area contributed by atoms with E-state index in [1.165, 1.54) is 7.11 Å². The zero-order valence-electron chi connectivity index (χ0n) is 13.3. The van der Waals surface area contributed by atoms with E-state index in [0.29, 0.717) is 0 Å². The summed E-state index contributed by atoms with van der Waals surface area (Å²) >= 11 is 0. The van der Waals surface area contributed by atoms with Crippen LogP contribution in [0.1, 0.15) is 11.9 Å². The van der Waals surface area contributed by atoms with Crippen LogP contribution in [0.4, 0.5) is 0 Å². The summed E-state index contributed by atoms with van der Waals surface area (Å²) in [6.07, 6.45) is -4.69. The molecule has 1 aromatic carbocycles. The molecule has 6 atom stereocenters. The minimum atomic E-state index is -3.81. The Morgan fingerprint density at radius 2 is 1.92 bits per heavy atom. The number of rotatable bonds is 4. The van der Waals surface area contributed by atoms with Crippen molar-refractivity contribution >= 4 is 10.1 Å². The number of aliphatic hydroxyl groups is 1. The summed E-state index contributed by atoms with van der Waals surface area (Å²) in [7, 11) is -2.47. The molecule has 0 saturated carbocycles. The molecular formula is C15H20O8S. The molecular weight excluding hydrogens is 340 g/mol. The van der Waals surface area contributed by atoms with Crippen molar-refractivity contribution in [2.75, 3.05) is 20.0 Å². The fraction of sp³-hybridized carbons (Fsp3) is 0.600. The van der Waals surface area contributed by atoms with E-state index in [1.54, 1.807) is 0 Å². The molecule has 2 fully saturated rings. The third-order valence-corrected chi connectivity index (χ3v) is 4.47. The zero-order valence-corrected chi connectivity index (χ0v) is 14.1. The fourth-order valence-electron chi connectivity index (χ4n) is 2.84. The van der Waals surface area contributed by atoms with Crippen LogP contribution in [0.25, 0.3) is 0 Å². The number of ether oxygens (including phenoxy) is 4. The van der Waals surface area contributed by atoms with E-state index in [9.17, 15) is 13.5 Å². The van der Waals surface area contributed by atoms with Gasteiger partial charge in [0.25, 0.3) is 10.1 Å². The third kappa shape index (κ3) is 3.77. The molecule has 0 radical (unpaired) electrons. The number of hydrogen-bond donors (Lipinski definition) is 1. The van der Waals surface area contributed by atoms with Gasteiger partial charge in [-0.1, -0.05) is 30.3 Å². The number of benzene rings is 1. The SMILES string of the molecule is CO[C@@H]1O[C@H]2CO[C@H](c3ccccc3)O[C@@H]2[C@H](O)[C@@H]1OS(C)(=O)=O. The molecule has 9 heteroatoms. The predicted octanol–water partition coefficient (Wildman–Crippen LogP) is 0.178. The summed E-state index contributed by atoms with van der Waals surface area (Å²) in [5.41, 5.74) is 0.789. The molecule has 24 heavy (non-hydrogen) atoms. The fourth-order valence-corrected chi connectivity index (χ4v) is 3.45. The van der Waals surface area contributed by atoms with Gasteiger partial charge in [0.05, 0.1) is 12.9 Å². The lowest BCUT2D eigenvalue weighted by Crippen LogP contribution is -2.63. The molecule has 2 heterocycles. The normalized spacial score (nSPS) is 37.0. The van der Waals surface area contributed by atoms with Gasteiger partial charge < -0.3 is 24.1 Å². The van der Waals surface area contributed by atoms with Crippen LogP contribution in [0, 0.1) is 0 Å². The van der Waals surface area contributed by atoms with Crippen molar-refractivity contribution in [3.63, 3.8) is 0 Å². The van der Waals surface area contributed by atoms with Crippen molar-refractivity contribution in [1.82, 2.24) is 0 Å². The molecule has 8 nitrogen and oxygen atoms in total. The highest BCUT2D eigenvalue weighted by Crippen LogP contribution is 2.35. The average molecular weight is 360 g/mol. The zero-order chi connectivity index (χ0) is 17.3. The third-order valence-electron chi connectivity index (χ3n) is 3.90. The van der Waals surface area contributed by atoms with Crippen molar-refractivity contribution < 1.29 is 36.7 Å². The Labute approximate surface area is 140 Å². The molecule has 0 spiro atoms. The molecule has 2 aliphatic heterocycles.